The standard InChI is InChI=1S/C15H25N3O2/c1-12(16)15(14-3-2-8-20-14)18-5-4-13(11-18)17-6-9-19-10-7-17/h2-3,8,12-13,15H,4-7,9-11,16H2,1H3. The summed E-state index contributed by atoms with van der Waals surface area (Å²) in [4.78, 5) is 5.04. The first kappa shape index (κ1) is 14.1. The van der Waals surface area contributed by atoms with Crippen molar-refractivity contribution in [1.82, 2.24) is 9.80 Å². The van der Waals surface area contributed by atoms with Gasteiger partial charge in [-0.2, -0.15) is 0 Å². The van der Waals surface area contributed by atoms with Crippen LogP contribution in [0.25, 0.3) is 0 Å². The Morgan fingerprint density at radius 3 is 2.75 bits per heavy atom. The van der Waals surface area contributed by atoms with Crippen LogP contribution in [-0.4, -0.2) is 61.3 Å². The largest absolute Gasteiger partial charge is 0.468 e. The molecule has 112 valence electrons. The van der Waals surface area contributed by atoms with E-state index in [2.05, 4.69) is 16.7 Å². The van der Waals surface area contributed by atoms with Gasteiger partial charge >= 0.3 is 0 Å². The van der Waals surface area contributed by atoms with Crippen LogP contribution in [0.2, 0.25) is 0 Å². The molecule has 0 spiro atoms. The molecule has 3 atom stereocenters. The van der Waals surface area contributed by atoms with Crippen molar-refractivity contribution in [1.29, 1.82) is 0 Å². The van der Waals surface area contributed by atoms with Crippen LogP contribution in [0.15, 0.2) is 22.8 Å². The van der Waals surface area contributed by atoms with E-state index >= 15 is 0 Å². The van der Waals surface area contributed by atoms with Crippen LogP contribution in [0.1, 0.15) is 25.1 Å². The molecule has 3 heterocycles. The molecule has 2 N–H and O–H groups in total. The van der Waals surface area contributed by atoms with Crippen LogP contribution in [0.3, 0.4) is 0 Å². The fourth-order valence-electron chi connectivity index (χ4n) is 3.49. The Kier molecular flexibility index (Phi) is 4.41. The molecule has 1 aromatic rings. The second kappa shape index (κ2) is 6.26. The average molecular weight is 279 g/mol. The van der Waals surface area contributed by atoms with Gasteiger partial charge in [0.15, 0.2) is 0 Å². The molecule has 0 amide bonds. The third-order valence-electron chi connectivity index (χ3n) is 4.48. The van der Waals surface area contributed by atoms with E-state index in [4.69, 9.17) is 14.9 Å². The number of furan rings is 1. The van der Waals surface area contributed by atoms with E-state index in [1.165, 1.54) is 6.42 Å². The van der Waals surface area contributed by atoms with E-state index in [0.717, 1.165) is 45.2 Å². The number of likely N-dealkylation sites (tertiary alicyclic amines) is 1. The number of nitrogens with two attached hydrogens (primary N) is 1. The van der Waals surface area contributed by atoms with Crippen molar-refractivity contribution in [3.8, 4) is 0 Å². The number of hydrogen-bond donors (Lipinski definition) is 1. The molecule has 0 radical (unpaired) electrons. The van der Waals surface area contributed by atoms with Crippen molar-refractivity contribution >= 4 is 0 Å². The van der Waals surface area contributed by atoms with E-state index in [1.54, 1.807) is 6.26 Å². The van der Waals surface area contributed by atoms with Crippen LogP contribution in [0, 0.1) is 0 Å². The summed E-state index contributed by atoms with van der Waals surface area (Å²) in [5, 5.41) is 0. The molecular weight excluding hydrogens is 254 g/mol. The first-order valence-corrected chi connectivity index (χ1v) is 7.60. The van der Waals surface area contributed by atoms with Crippen LogP contribution in [0.4, 0.5) is 0 Å². The Morgan fingerprint density at radius 1 is 1.30 bits per heavy atom. The highest BCUT2D eigenvalue weighted by Gasteiger charge is 2.35. The molecule has 20 heavy (non-hydrogen) atoms. The molecule has 0 saturated carbocycles. The van der Waals surface area contributed by atoms with Crippen LogP contribution >= 0.6 is 0 Å². The second-order valence-corrected chi connectivity index (χ2v) is 5.91. The molecular formula is C15H25N3O2. The number of nitrogens with zero attached hydrogens (tertiary/aromatic N) is 2. The number of ether oxygens (including phenoxy) is 1. The van der Waals surface area contributed by atoms with Gasteiger partial charge < -0.3 is 14.9 Å². The maximum absolute atomic E-state index is 6.20. The molecule has 0 aromatic carbocycles. The first-order chi connectivity index (χ1) is 9.75. The third kappa shape index (κ3) is 2.91. The Bertz CT molecular complexity index is 401. The second-order valence-electron chi connectivity index (χ2n) is 5.91. The summed E-state index contributed by atoms with van der Waals surface area (Å²) in [6.07, 6.45) is 2.95. The predicted octanol–water partition coefficient (Wildman–Crippen LogP) is 1.07. The summed E-state index contributed by atoms with van der Waals surface area (Å²) < 4.78 is 11.0. The summed E-state index contributed by atoms with van der Waals surface area (Å²) in [5.41, 5.74) is 6.20. The fourth-order valence-corrected chi connectivity index (χ4v) is 3.49. The fraction of sp³-hybridized carbons (Fsp3) is 0.733. The summed E-state index contributed by atoms with van der Waals surface area (Å²) in [6.45, 7) is 8.08. The summed E-state index contributed by atoms with van der Waals surface area (Å²) in [5.74, 6) is 0.989. The lowest BCUT2D eigenvalue weighted by molar-refractivity contribution is 0.0170. The Morgan fingerprint density at radius 2 is 2.10 bits per heavy atom. The zero-order valence-electron chi connectivity index (χ0n) is 12.2. The van der Waals surface area contributed by atoms with Gasteiger partial charge in [-0.3, -0.25) is 9.80 Å². The van der Waals surface area contributed by atoms with Gasteiger partial charge in [0, 0.05) is 38.3 Å². The quantitative estimate of drug-likeness (QED) is 0.893. The molecule has 2 saturated heterocycles. The van der Waals surface area contributed by atoms with E-state index in [0.29, 0.717) is 6.04 Å². The molecule has 3 unspecified atom stereocenters. The molecule has 3 rings (SSSR count). The van der Waals surface area contributed by atoms with Gasteiger partial charge in [0.2, 0.25) is 0 Å². The molecule has 2 aliphatic heterocycles. The zero-order valence-corrected chi connectivity index (χ0v) is 12.2. The Labute approximate surface area is 120 Å². The molecule has 5 nitrogen and oxygen atoms in total. The van der Waals surface area contributed by atoms with Gasteiger partial charge in [-0.1, -0.05) is 0 Å². The molecule has 0 bridgehead atoms. The van der Waals surface area contributed by atoms with Crippen molar-refractivity contribution in [3.05, 3.63) is 24.2 Å². The highest BCUT2D eigenvalue weighted by atomic mass is 16.5. The Hall–Kier alpha value is -0.880. The highest BCUT2D eigenvalue weighted by Crippen LogP contribution is 2.29. The third-order valence-corrected chi connectivity index (χ3v) is 4.48. The van der Waals surface area contributed by atoms with Crippen molar-refractivity contribution < 1.29 is 9.15 Å². The molecule has 5 heteroatoms. The smallest absolute Gasteiger partial charge is 0.122 e. The highest BCUT2D eigenvalue weighted by molar-refractivity contribution is 5.08. The topological polar surface area (TPSA) is 54.9 Å². The minimum atomic E-state index is 0.0737. The first-order valence-electron chi connectivity index (χ1n) is 7.60. The zero-order chi connectivity index (χ0) is 13.9. The minimum absolute atomic E-state index is 0.0737. The lowest BCUT2D eigenvalue weighted by Gasteiger charge is -2.34. The summed E-state index contributed by atoms with van der Waals surface area (Å²) in [7, 11) is 0. The van der Waals surface area contributed by atoms with Gasteiger partial charge in [0.05, 0.1) is 25.5 Å². The van der Waals surface area contributed by atoms with Crippen LogP contribution in [0.5, 0.6) is 0 Å². The van der Waals surface area contributed by atoms with Gasteiger partial charge in [-0.15, -0.1) is 0 Å². The van der Waals surface area contributed by atoms with Crippen molar-refractivity contribution in [3.63, 3.8) is 0 Å². The van der Waals surface area contributed by atoms with Crippen LogP contribution < -0.4 is 5.73 Å². The van der Waals surface area contributed by atoms with Gasteiger partial charge in [0.25, 0.3) is 0 Å². The summed E-state index contributed by atoms with van der Waals surface area (Å²) in [6, 6.07) is 4.88. The molecule has 2 fully saturated rings. The van der Waals surface area contributed by atoms with Crippen molar-refractivity contribution in [2.75, 3.05) is 39.4 Å². The van der Waals surface area contributed by atoms with E-state index < -0.39 is 0 Å². The Balaban J connectivity index is 1.65. The SMILES string of the molecule is CC(N)C(c1ccco1)N1CCC(N2CCOCC2)C1. The maximum atomic E-state index is 6.20. The number of rotatable bonds is 4. The molecule has 1 aromatic heterocycles. The van der Waals surface area contributed by atoms with Gasteiger partial charge in [-0.05, 0) is 25.5 Å². The van der Waals surface area contributed by atoms with E-state index in [9.17, 15) is 0 Å². The monoisotopic (exact) mass is 279 g/mol. The number of morpholine rings is 1. The minimum Gasteiger partial charge on any atom is -0.468 e. The number of hydrogen-bond acceptors (Lipinski definition) is 5. The molecule has 0 aliphatic carbocycles. The van der Waals surface area contributed by atoms with Crippen LogP contribution in [-0.2, 0) is 4.74 Å². The van der Waals surface area contributed by atoms with Crippen molar-refractivity contribution in [2.45, 2.75) is 31.5 Å². The average Bonchev–Trinajstić information content (AvgIpc) is 3.12. The van der Waals surface area contributed by atoms with E-state index in [-0.39, 0.29) is 12.1 Å². The van der Waals surface area contributed by atoms with Crippen molar-refractivity contribution in [2.24, 2.45) is 5.73 Å². The summed E-state index contributed by atoms with van der Waals surface area (Å²) >= 11 is 0. The van der Waals surface area contributed by atoms with Gasteiger partial charge in [-0.25, -0.2) is 0 Å². The predicted molar refractivity (Wildman–Crippen MR) is 77.5 cm³/mol. The lowest BCUT2D eigenvalue weighted by atomic mass is 10.1. The molecule has 2 aliphatic rings. The normalized spacial score (nSPS) is 28.6. The van der Waals surface area contributed by atoms with E-state index in [1.807, 2.05) is 12.1 Å². The lowest BCUT2D eigenvalue weighted by Crippen LogP contribution is -2.46. The maximum Gasteiger partial charge on any atom is 0.122 e. The van der Waals surface area contributed by atoms with Gasteiger partial charge in [0.1, 0.15) is 5.76 Å².